The van der Waals surface area contributed by atoms with Crippen LogP contribution in [0.15, 0.2) is 0 Å². The molecule has 0 radical (unpaired) electrons. The second-order valence-corrected chi connectivity index (χ2v) is 5.59. The number of likely N-dealkylation sites (N-methyl/N-ethyl adjacent to an activating group) is 1. The summed E-state index contributed by atoms with van der Waals surface area (Å²) >= 11 is 1.65. The van der Waals surface area contributed by atoms with Crippen molar-refractivity contribution >= 4 is 23.6 Å². The van der Waals surface area contributed by atoms with Gasteiger partial charge in [-0.05, 0) is 6.26 Å². The molecule has 0 bridgehead atoms. The van der Waals surface area contributed by atoms with Crippen LogP contribution in [0.4, 0.5) is 0 Å². The second kappa shape index (κ2) is 7.63. The van der Waals surface area contributed by atoms with E-state index in [2.05, 4.69) is 5.32 Å². The molecule has 1 N–H and O–H groups in total. The summed E-state index contributed by atoms with van der Waals surface area (Å²) in [4.78, 5) is 27.3. The first-order valence-electron chi connectivity index (χ1n) is 6.28. The Morgan fingerprint density at radius 3 is 2.56 bits per heavy atom. The number of nitrogens with one attached hydrogen (secondary N) is 1. The van der Waals surface area contributed by atoms with Crippen LogP contribution in [-0.4, -0.2) is 73.4 Å². The summed E-state index contributed by atoms with van der Waals surface area (Å²) in [5.74, 6) is 0.864. The molecule has 1 saturated heterocycles. The lowest BCUT2D eigenvalue weighted by atomic mass is 10.2. The summed E-state index contributed by atoms with van der Waals surface area (Å²) in [5, 5.41) is 3.20. The molecule has 0 saturated carbocycles. The maximum absolute atomic E-state index is 12.0. The zero-order chi connectivity index (χ0) is 13.5. The average Bonchev–Trinajstić information content (AvgIpc) is 2.39. The molecular formula is C12H23N3O2S. The van der Waals surface area contributed by atoms with E-state index in [1.165, 1.54) is 0 Å². The second-order valence-electron chi connectivity index (χ2n) is 4.68. The van der Waals surface area contributed by atoms with Crippen molar-refractivity contribution in [3.05, 3.63) is 0 Å². The zero-order valence-corrected chi connectivity index (χ0v) is 12.3. The van der Waals surface area contributed by atoms with Crippen molar-refractivity contribution in [2.45, 2.75) is 6.92 Å². The third-order valence-electron chi connectivity index (χ3n) is 3.06. The van der Waals surface area contributed by atoms with Crippen LogP contribution in [0.2, 0.25) is 0 Å². The largest absolute Gasteiger partial charge is 0.339 e. The lowest BCUT2D eigenvalue weighted by Crippen LogP contribution is -2.50. The number of amides is 2. The molecule has 0 aromatic heterocycles. The van der Waals surface area contributed by atoms with Crippen molar-refractivity contribution < 1.29 is 9.59 Å². The Morgan fingerprint density at radius 1 is 1.39 bits per heavy atom. The molecule has 18 heavy (non-hydrogen) atoms. The fourth-order valence-corrected chi connectivity index (χ4v) is 2.64. The van der Waals surface area contributed by atoms with E-state index >= 15 is 0 Å². The summed E-state index contributed by atoms with van der Waals surface area (Å²) in [6.07, 6.45) is 1.98. The average molecular weight is 273 g/mol. The first-order valence-corrected chi connectivity index (χ1v) is 7.68. The number of hydrogen-bond donors (Lipinski definition) is 1. The smallest absolute Gasteiger partial charge is 0.242 e. The highest BCUT2D eigenvalue weighted by molar-refractivity contribution is 7.98. The standard InChI is InChI=1S/C12H23N3O2S/c1-10(9-18-3)12(17)14(2)8-11(16)15-6-4-13-5-7-15/h10,13H,4-9H2,1-3H3. The minimum Gasteiger partial charge on any atom is -0.339 e. The first kappa shape index (κ1) is 15.3. The highest BCUT2D eigenvalue weighted by Crippen LogP contribution is 2.08. The Bertz CT molecular complexity index is 293. The summed E-state index contributed by atoms with van der Waals surface area (Å²) < 4.78 is 0. The van der Waals surface area contributed by atoms with E-state index in [0.717, 1.165) is 31.9 Å². The van der Waals surface area contributed by atoms with Gasteiger partial charge in [-0.1, -0.05) is 6.92 Å². The maximum atomic E-state index is 12.0. The highest BCUT2D eigenvalue weighted by Gasteiger charge is 2.22. The van der Waals surface area contributed by atoms with Crippen molar-refractivity contribution in [3.63, 3.8) is 0 Å². The lowest BCUT2D eigenvalue weighted by molar-refractivity contribution is -0.141. The molecule has 1 rings (SSSR count). The molecule has 1 heterocycles. The van der Waals surface area contributed by atoms with Crippen LogP contribution in [0.25, 0.3) is 0 Å². The molecule has 0 aromatic carbocycles. The summed E-state index contributed by atoms with van der Waals surface area (Å²) in [5.41, 5.74) is 0. The molecular weight excluding hydrogens is 250 g/mol. The van der Waals surface area contributed by atoms with Gasteiger partial charge in [-0.15, -0.1) is 0 Å². The minimum absolute atomic E-state index is 0.0270. The Morgan fingerprint density at radius 2 is 2.00 bits per heavy atom. The van der Waals surface area contributed by atoms with Gasteiger partial charge in [-0.3, -0.25) is 9.59 Å². The van der Waals surface area contributed by atoms with Gasteiger partial charge in [0.05, 0.1) is 6.54 Å². The molecule has 1 aliphatic rings. The van der Waals surface area contributed by atoms with Crippen molar-refractivity contribution in [2.75, 3.05) is 51.8 Å². The van der Waals surface area contributed by atoms with Crippen LogP contribution in [-0.2, 0) is 9.59 Å². The number of carbonyl (C=O) groups excluding carboxylic acids is 2. The predicted octanol–water partition coefficient (Wildman–Crippen LogP) is -0.124. The number of hydrogen-bond acceptors (Lipinski definition) is 4. The molecule has 5 nitrogen and oxygen atoms in total. The van der Waals surface area contributed by atoms with Gasteiger partial charge in [0.15, 0.2) is 0 Å². The van der Waals surface area contributed by atoms with Crippen LogP contribution < -0.4 is 5.32 Å². The first-order chi connectivity index (χ1) is 8.56. The van der Waals surface area contributed by atoms with E-state index in [-0.39, 0.29) is 24.3 Å². The van der Waals surface area contributed by atoms with Crippen LogP contribution in [0.3, 0.4) is 0 Å². The van der Waals surface area contributed by atoms with Crippen LogP contribution >= 0.6 is 11.8 Å². The van der Waals surface area contributed by atoms with Crippen molar-refractivity contribution in [1.82, 2.24) is 15.1 Å². The Kier molecular flexibility index (Phi) is 6.49. The molecule has 1 fully saturated rings. The topological polar surface area (TPSA) is 52.7 Å². The minimum atomic E-state index is -0.0270. The van der Waals surface area contributed by atoms with Gasteiger partial charge in [0.1, 0.15) is 0 Å². The van der Waals surface area contributed by atoms with Gasteiger partial charge in [0, 0.05) is 44.9 Å². The lowest BCUT2D eigenvalue weighted by Gasteiger charge is -2.29. The number of piperazine rings is 1. The summed E-state index contributed by atoms with van der Waals surface area (Å²) in [7, 11) is 1.71. The van der Waals surface area contributed by atoms with Gasteiger partial charge >= 0.3 is 0 Å². The van der Waals surface area contributed by atoms with Crippen LogP contribution in [0.1, 0.15) is 6.92 Å². The van der Waals surface area contributed by atoms with Crippen LogP contribution in [0, 0.1) is 5.92 Å². The van der Waals surface area contributed by atoms with Crippen LogP contribution in [0.5, 0.6) is 0 Å². The van der Waals surface area contributed by atoms with Gasteiger partial charge in [-0.2, -0.15) is 11.8 Å². The number of nitrogens with zero attached hydrogens (tertiary/aromatic N) is 2. The van der Waals surface area contributed by atoms with Crippen molar-refractivity contribution in [1.29, 1.82) is 0 Å². The molecule has 1 atom stereocenters. The van der Waals surface area contributed by atoms with E-state index in [9.17, 15) is 9.59 Å². The monoisotopic (exact) mass is 273 g/mol. The van der Waals surface area contributed by atoms with Crippen molar-refractivity contribution in [3.8, 4) is 0 Å². The Hall–Kier alpha value is -0.750. The Balaban J connectivity index is 2.40. The molecule has 6 heteroatoms. The van der Waals surface area contributed by atoms with E-state index in [4.69, 9.17) is 0 Å². The van der Waals surface area contributed by atoms with Gasteiger partial charge in [-0.25, -0.2) is 0 Å². The summed E-state index contributed by atoms with van der Waals surface area (Å²) in [6, 6.07) is 0. The highest BCUT2D eigenvalue weighted by atomic mass is 32.2. The molecule has 2 amide bonds. The van der Waals surface area contributed by atoms with Gasteiger partial charge < -0.3 is 15.1 Å². The Labute approximate surface area is 113 Å². The van der Waals surface area contributed by atoms with E-state index < -0.39 is 0 Å². The van der Waals surface area contributed by atoms with E-state index in [1.54, 1.807) is 23.7 Å². The molecule has 0 spiro atoms. The van der Waals surface area contributed by atoms with E-state index in [0.29, 0.717) is 0 Å². The van der Waals surface area contributed by atoms with Crippen molar-refractivity contribution in [2.24, 2.45) is 5.92 Å². The molecule has 1 unspecified atom stereocenters. The fraction of sp³-hybridized carbons (Fsp3) is 0.833. The molecule has 1 aliphatic heterocycles. The van der Waals surface area contributed by atoms with E-state index in [1.807, 2.05) is 18.1 Å². The quantitative estimate of drug-likeness (QED) is 0.758. The maximum Gasteiger partial charge on any atom is 0.242 e. The zero-order valence-electron chi connectivity index (χ0n) is 11.4. The number of thioether (sulfide) groups is 1. The van der Waals surface area contributed by atoms with Gasteiger partial charge in [0.25, 0.3) is 0 Å². The molecule has 104 valence electrons. The third kappa shape index (κ3) is 4.49. The summed E-state index contributed by atoms with van der Waals surface area (Å²) in [6.45, 7) is 5.25. The normalized spacial score (nSPS) is 17.4. The number of rotatable bonds is 5. The fourth-order valence-electron chi connectivity index (χ4n) is 1.99. The third-order valence-corrected chi connectivity index (χ3v) is 3.89. The molecule has 0 aliphatic carbocycles. The number of carbonyl (C=O) groups is 2. The molecule has 0 aromatic rings. The van der Waals surface area contributed by atoms with Gasteiger partial charge in [0.2, 0.25) is 11.8 Å². The predicted molar refractivity (Wildman–Crippen MR) is 74.6 cm³/mol. The SMILES string of the molecule is CSCC(C)C(=O)N(C)CC(=O)N1CCNCC1.